The molecule has 1 saturated heterocycles. The van der Waals surface area contributed by atoms with Crippen LogP contribution >= 0.6 is 12.1 Å². The van der Waals surface area contributed by atoms with Crippen LogP contribution in [0.25, 0.3) is 0 Å². The molecule has 0 radical (unpaired) electrons. The summed E-state index contributed by atoms with van der Waals surface area (Å²) in [6.07, 6.45) is -0.0582. The zero-order chi connectivity index (χ0) is 30.2. The Morgan fingerprint density at radius 1 is 1.12 bits per heavy atom. The maximum Gasteiger partial charge on any atom is 0.414 e. The number of nitrogens with zero attached hydrogens (tertiary/aromatic N) is 2. The zero-order valence-corrected chi connectivity index (χ0v) is 24.0. The lowest BCUT2D eigenvalue weighted by Gasteiger charge is -2.25. The van der Waals surface area contributed by atoms with Crippen molar-refractivity contribution in [3.8, 4) is 5.75 Å². The van der Waals surface area contributed by atoms with E-state index in [-0.39, 0.29) is 60.0 Å². The van der Waals surface area contributed by atoms with E-state index in [1.54, 1.807) is 12.1 Å². The van der Waals surface area contributed by atoms with Gasteiger partial charge in [0.25, 0.3) is 5.91 Å². The first kappa shape index (κ1) is 31.8. The summed E-state index contributed by atoms with van der Waals surface area (Å²) in [7, 11) is -1.07. The minimum absolute atomic E-state index is 0.0639. The van der Waals surface area contributed by atoms with Crippen LogP contribution in [0.3, 0.4) is 0 Å². The lowest BCUT2D eigenvalue weighted by Crippen LogP contribution is -2.51. The van der Waals surface area contributed by atoms with E-state index in [0.29, 0.717) is 12.0 Å². The van der Waals surface area contributed by atoms with Crippen molar-refractivity contribution in [1.82, 2.24) is 19.8 Å². The van der Waals surface area contributed by atoms with Gasteiger partial charge in [-0.05, 0) is 54.8 Å². The van der Waals surface area contributed by atoms with Gasteiger partial charge < -0.3 is 25.4 Å². The van der Waals surface area contributed by atoms with E-state index in [1.807, 2.05) is 0 Å². The van der Waals surface area contributed by atoms with Gasteiger partial charge in [-0.1, -0.05) is 12.1 Å². The number of sulfonamides is 1. The molecule has 1 unspecified atom stereocenters. The van der Waals surface area contributed by atoms with Gasteiger partial charge in [0.2, 0.25) is 15.9 Å². The highest BCUT2D eigenvalue weighted by Gasteiger charge is 2.40. The van der Waals surface area contributed by atoms with Gasteiger partial charge in [0.05, 0.1) is 4.90 Å². The molecule has 0 aliphatic carbocycles. The van der Waals surface area contributed by atoms with Gasteiger partial charge in [-0.3, -0.25) is 9.59 Å². The quantitative estimate of drug-likeness (QED) is 0.305. The lowest BCUT2D eigenvalue weighted by atomic mass is 10.1. The molecule has 0 spiro atoms. The third kappa shape index (κ3) is 8.41. The molecule has 1 heterocycles. The number of ether oxygens (including phenoxy) is 1. The van der Waals surface area contributed by atoms with Crippen LogP contribution < -0.4 is 15.4 Å². The van der Waals surface area contributed by atoms with Crippen LogP contribution in [0.5, 0.6) is 5.75 Å². The summed E-state index contributed by atoms with van der Waals surface area (Å²) in [6.45, 7) is 0.174. The number of carbonyl (C=O) groups is 4. The molecule has 2 atom stereocenters. The Balaban J connectivity index is 1.67. The fourth-order valence-electron chi connectivity index (χ4n) is 4.10. The topological polar surface area (TPSA) is 162 Å². The Hall–Kier alpha value is -3.69. The standard InChI is InChI=1S/C26H31FN4O8S2/c1-30(2)26(36)39-19-9-5-17(6-10-19)16-21(25(34)35)29-24(33)22-4-3-14-31(22)41(37,38)20-11-7-18(8-12-20)23(32)28-13-15-40-27/h5-12,21-22H,3-4,13-16H2,1-2H3,(H,28,32)(H,29,33)(H,34,35)/t21?,22-/m0/s1. The van der Waals surface area contributed by atoms with Crippen molar-refractivity contribution in [2.24, 2.45) is 0 Å². The summed E-state index contributed by atoms with van der Waals surface area (Å²) in [4.78, 5) is 50.0. The smallest absolute Gasteiger partial charge is 0.414 e. The van der Waals surface area contributed by atoms with Crippen LogP contribution in [0.4, 0.5) is 8.68 Å². The molecule has 2 aromatic rings. The molecular formula is C26H31FN4O8S2. The van der Waals surface area contributed by atoms with E-state index < -0.39 is 46.0 Å². The third-order valence-corrected chi connectivity index (χ3v) is 8.52. The Labute approximate surface area is 241 Å². The van der Waals surface area contributed by atoms with Gasteiger partial charge in [0, 0.05) is 57.1 Å². The summed E-state index contributed by atoms with van der Waals surface area (Å²) >= 11 is 0.0884. The predicted molar refractivity (Wildman–Crippen MR) is 149 cm³/mol. The summed E-state index contributed by atoms with van der Waals surface area (Å²) in [6, 6.07) is 8.83. The SMILES string of the molecule is CN(C)C(=O)Oc1ccc(CC(NC(=O)[C@@H]2CCCN2S(=O)(=O)c2ccc(C(=O)NCCSF)cc2)C(=O)O)cc1. The molecular weight excluding hydrogens is 579 g/mol. The first-order valence-corrected chi connectivity index (χ1v) is 14.9. The molecule has 1 aliphatic heterocycles. The molecule has 12 nitrogen and oxygen atoms in total. The molecule has 3 rings (SSSR count). The van der Waals surface area contributed by atoms with Gasteiger partial charge in [-0.15, -0.1) is 0 Å². The van der Waals surface area contributed by atoms with Crippen LogP contribution in [0.2, 0.25) is 0 Å². The van der Waals surface area contributed by atoms with Crippen molar-refractivity contribution in [3.05, 3.63) is 59.7 Å². The van der Waals surface area contributed by atoms with Crippen LogP contribution in [-0.2, 0) is 26.0 Å². The van der Waals surface area contributed by atoms with Gasteiger partial charge in [0.1, 0.15) is 17.8 Å². The van der Waals surface area contributed by atoms with E-state index in [9.17, 15) is 36.6 Å². The second kappa shape index (κ2) is 14.3. The fraction of sp³-hybridized carbons (Fsp3) is 0.385. The Morgan fingerprint density at radius 2 is 1.78 bits per heavy atom. The minimum atomic E-state index is -4.14. The summed E-state index contributed by atoms with van der Waals surface area (Å²) in [5.41, 5.74) is 0.738. The van der Waals surface area contributed by atoms with Gasteiger partial charge in [0.15, 0.2) is 0 Å². The van der Waals surface area contributed by atoms with Crippen molar-refractivity contribution >= 4 is 46.0 Å². The third-order valence-electron chi connectivity index (χ3n) is 6.24. The van der Waals surface area contributed by atoms with E-state index in [0.717, 1.165) is 4.31 Å². The Kier molecular flexibility index (Phi) is 11.1. The maximum atomic E-state index is 13.3. The van der Waals surface area contributed by atoms with E-state index in [2.05, 4.69) is 10.6 Å². The largest absolute Gasteiger partial charge is 0.480 e. The monoisotopic (exact) mass is 610 g/mol. The number of hydrogen-bond acceptors (Lipinski definition) is 8. The predicted octanol–water partition coefficient (Wildman–Crippen LogP) is 2.06. The Morgan fingerprint density at radius 3 is 2.37 bits per heavy atom. The van der Waals surface area contributed by atoms with Crippen LogP contribution in [-0.4, -0.2) is 91.6 Å². The highest BCUT2D eigenvalue weighted by Crippen LogP contribution is 2.27. The van der Waals surface area contributed by atoms with Crippen LogP contribution in [0.1, 0.15) is 28.8 Å². The maximum absolute atomic E-state index is 13.3. The molecule has 2 aromatic carbocycles. The molecule has 1 aliphatic rings. The number of halogens is 1. The molecule has 0 bridgehead atoms. The van der Waals surface area contributed by atoms with E-state index >= 15 is 0 Å². The summed E-state index contributed by atoms with van der Waals surface area (Å²) in [5, 5.41) is 14.7. The van der Waals surface area contributed by atoms with E-state index in [4.69, 9.17) is 4.74 Å². The van der Waals surface area contributed by atoms with Gasteiger partial charge in [-0.25, -0.2) is 18.0 Å². The summed E-state index contributed by atoms with van der Waals surface area (Å²) < 4.78 is 45.0. The minimum Gasteiger partial charge on any atom is -0.480 e. The second-order valence-electron chi connectivity index (χ2n) is 9.38. The number of benzene rings is 2. The molecule has 0 saturated carbocycles. The fourth-order valence-corrected chi connectivity index (χ4v) is 5.93. The normalized spacial score (nSPS) is 16.0. The number of nitrogens with one attached hydrogen (secondary N) is 2. The van der Waals surface area contributed by atoms with Crippen molar-refractivity contribution in [2.75, 3.05) is 32.9 Å². The number of carbonyl (C=O) groups excluding carboxylic acids is 3. The molecule has 0 aromatic heterocycles. The number of carboxylic acids is 1. The molecule has 222 valence electrons. The number of aliphatic carboxylic acids is 1. The second-order valence-corrected chi connectivity index (χ2v) is 11.9. The number of rotatable bonds is 12. The van der Waals surface area contributed by atoms with Crippen molar-refractivity contribution < 1.29 is 41.3 Å². The average Bonchev–Trinajstić information content (AvgIpc) is 3.45. The first-order valence-electron chi connectivity index (χ1n) is 12.6. The molecule has 1 fully saturated rings. The average molecular weight is 611 g/mol. The van der Waals surface area contributed by atoms with Gasteiger partial charge >= 0.3 is 12.1 Å². The number of hydrogen-bond donors (Lipinski definition) is 3. The van der Waals surface area contributed by atoms with Crippen LogP contribution in [0.15, 0.2) is 53.4 Å². The number of carboxylic acid groups (broad SMARTS) is 1. The molecule has 15 heteroatoms. The Bertz CT molecular complexity index is 1350. The van der Waals surface area contributed by atoms with E-state index in [1.165, 1.54) is 55.4 Å². The van der Waals surface area contributed by atoms with Crippen molar-refractivity contribution in [3.63, 3.8) is 0 Å². The highest BCUT2D eigenvalue weighted by molar-refractivity contribution is 7.94. The molecule has 3 N–H and O–H groups in total. The molecule has 41 heavy (non-hydrogen) atoms. The first-order chi connectivity index (χ1) is 19.4. The highest BCUT2D eigenvalue weighted by atomic mass is 32.2. The summed E-state index contributed by atoms with van der Waals surface area (Å²) in [5.74, 6) is -2.17. The van der Waals surface area contributed by atoms with Crippen molar-refractivity contribution in [1.29, 1.82) is 0 Å². The lowest BCUT2D eigenvalue weighted by molar-refractivity contribution is -0.142. The molecule has 3 amide bonds. The van der Waals surface area contributed by atoms with Crippen LogP contribution in [0, 0.1) is 0 Å². The zero-order valence-electron chi connectivity index (χ0n) is 22.4. The number of amides is 3. The van der Waals surface area contributed by atoms with Gasteiger partial charge in [-0.2, -0.15) is 8.19 Å². The van der Waals surface area contributed by atoms with Crippen molar-refractivity contribution in [2.45, 2.75) is 36.2 Å².